The number of aromatic nitrogens is 5. The lowest BCUT2D eigenvalue weighted by atomic mass is 9.92. The first kappa shape index (κ1) is 19.4. The third-order valence-electron chi connectivity index (χ3n) is 5.01. The summed E-state index contributed by atoms with van der Waals surface area (Å²) in [5.74, 6) is 0.455. The first-order valence-corrected chi connectivity index (χ1v) is 10.2. The molecule has 2 aromatic heterocycles. The fraction of sp³-hybridized carbons (Fsp3) is 0.286. The molecular formula is C21H22BrN5O2. The lowest BCUT2D eigenvalue weighted by molar-refractivity contribution is 0.429. The number of nitrogens with zero attached hydrogens (tertiary/aromatic N) is 4. The van der Waals surface area contributed by atoms with Gasteiger partial charge in [-0.25, -0.2) is 4.79 Å². The van der Waals surface area contributed by atoms with Gasteiger partial charge in [0.2, 0.25) is 5.88 Å². The highest BCUT2D eigenvalue weighted by Gasteiger charge is 2.17. The summed E-state index contributed by atoms with van der Waals surface area (Å²) in [5, 5.41) is 20.9. The normalized spacial score (nSPS) is 11.6. The second-order valence-corrected chi connectivity index (χ2v) is 8.46. The zero-order valence-corrected chi connectivity index (χ0v) is 18.1. The summed E-state index contributed by atoms with van der Waals surface area (Å²) < 4.78 is 3.64. The monoisotopic (exact) mass is 455 g/mol. The van der Waals surface area contributed by atoms with Crippen LogP contribution in [-0.2, 0) is 20.0 Å². The van der Waals surface area contributed by atoms with E-state index in [1.165, 1.54) is 20.9 Å². The van der Waals surface area contributed by atoms with Crippen LogP contribution in [0.15, 0.2) is 45.8 Å². The highest BCUT2D eigenvalue weighted by atomic mass is 79.9. The topological polar surface area (TPSA) is 88.7 Å². The molecule has 0 spiro atoms. The van der Waals surface area contributed by atoms with Crippen molar-refractivity contribution < 1.29 is 5.11 Å². The Kier molecular flexibility index (Phi) is 5.04. The van der Waals surface area contributed by atoms with E-state index in [1.54, 1.807) is 7.05 Å². The Morgan fingerprint density at radius 2 is 1.93 bits per heavy atom. The molecule has 0 unspecified atom stereocenters. The van der Waals surface area contributed by atoms with E-state index in [1.807, 2.05) is 12.1 Å². The average Bonchev–Trinajstić information content (AvgIpc) is 3.24. The highest BCUT2D eigenvalue weighted by molar-refractivity contribution is 9.10. The van der Waals surface area contributed by atoms with E-state index in [0.717, 1.165) is 38.6 Å². The molecule has 7 nitrogen and oxygen atoms in total. The van der Waals surface area contributed by atoms with E-state index in [-0.39, 0.29) is 11.6 Å². The van der Waals surface area contributed by atoms with Crippen LogP contribution in [0.4, 0.5) is 0 Å². The molecule has 0 radical (unpaired) electrons. The molecule has 0 amide bonds. The Morgan fingerprint density at radius 3 is 2.55 bits per heavy atom. The van der Waals surface area contributed by atoms with Gasteiger partial charge < -0.3 is 5.11 Å². The van der Waals surface area contributed by atoms with Crippen LogP contribution >= 0.6 is 15.9 Å². The Morgan fingerprint density at radius 1 is 1.21 bits per heavy atom. The number of aromatic hydroxyl groups is 1. The lowest BCUT2D eigenvalue weighted by Crippen LogP contribution is -2.22. The van der Waals surface area contributed by atoms with Crippen LogP contribution < -0.4 is 5.69 Å². The van der Waals surface area contributed by atoms with Crippen LogP contribution in [0.1, 0.15) is 25.0 Å². The smallest absolute Gasteiger partial charge is 0.331 e. The van der Waals surface area contributed by atoms with E-state index in [0.29, 0.717) is 12.5 Å². The van der Waals surface area contributed by atoms with Crippen LogP contribution in [-0.4, -0.2) is 29.7 Å². The number of imidazole rings is 1. The van der Waals surface area contributed by atoms with Crippen molar-refractivity contribution in [2.75, 3.05) is 0 Å². The molecule has 2 N–H and O–H groups in total. The highest BCUT2D eigenvalue weighted by Crippen LogP contribution is 2.37. The predicted octanol–water partition coefficient (Wildman–Crippen LogP) is 3.84. The maximum atomic E-state index is 12.1. The van der Waals surface area contributed by atoms with E-state index >= 15 is 0 Å². The van der Waals surface area contributed by atoms with Crippen LogP contribution in [0.25, 0.3) is 22.2 Å². The van der Waals surface area contributed by atoms with Crippen LogP contribution in [0, 0.1) is 5.92 Å². The van der Waals surface area contributed by atoms with Gasteiger partial charge in [0, 0.05) is 12.6 Å². The van der Waals surface area contributed by atoms with Gasteiger partial charge in [0.1, 0.15) is 11.0 Å². The van der Waals surface area contributed by atoms with Gasteiger partial charge in [-0.15, -0.1) is 0 Å². The number of nitrogens with one attached hydrogen (secondary N) is 1. The van der Waals surface area contributed by atoms with Crippen molar-refractivity contribution in [3.05, 3.63) is 62.6 Å². The summed E-state index contributed by atoms with van der Waals surface area (Å²) in [6.07, 6.45) is 2.38. The minimum Gasteiger partial charge on any atom is -0.493 e. The Labute approximate surface area is 176 Å². The molecule has 0 saturated carbocycles. The molecule has 2 aromatic carbocycles. The summed E-state index contributed by atoms with van der Waals surface area (Å²) >= 11 is 3.73. The molecule has 0 aliphatic heterocycles. The Hall–Kier alpha value is -2.87. The van der Waals surface area contributed by atoms with Gasteiger partial charge in [0.25, 0.3) is 0 Å². The molecule has 0 aliphatic carbocycles. The molecule has 4 rings (SSSR count). The number of H-pyrrole nitrogens is 1. The molecule has 0 fully saturated rings. The summed E-state index contributed by atoms with van der Waals surface area (Å²) in [5.41, 5.74) is 5.78. The summed E-state index contributed by atoms with van der Waals surface area (Å²) in [7, 11) is 1.55. The zero-order chi connectivity index (χ0) is 20.7. The van der Waals surface area contributed by atoms with Crippen LogP contribution in [0.3, 0.4) is 0 Å². The van der Waals surface area contributed by atoms with E-state index < -0.39 is 0 Å². The summed E-state index contributed by atoms with van der Waals surface area (Å²) in [4.78, 5) is 12.1. The predicted molar refractivity (Wildman–Crippen MR) is 116 cm³/mol. The van der Waals surface area contributed by atoms with Crippen molar-refractivity contribution in [2.45, 2.75) is 26.8 Å². The largest absolute Gasteiger partial charge is 0.493 e. The Balaban J connectivity index is 1.73. The van der Waals surface area contributed by atoms with Gasteiger partial charge in [-0.1, -0.05) is 38.1 Å². The third kappa shape index (κ3) is 3.60. The molecular weight excluding hydrogens is 434 g/mol. The van der Waals surface area contributed by atoms with Crippen molar-refractivity contribution in [1.29, 1.82) is 0 Å². The van der Waals surface area contributed by atoms with Crippen molar-refractivity contribution in [3.8, 4) is 17.0 Å². The second-order valence-electron chi connectivity index (χ2n) is 7.67. The van der Waals surface area contributed by atoms with Crippen LogP contribution in [0.2, 0.25) is 0 Å². The molecule has 4 aromatic rings. The SMILES string of the molecule is CC(C)Cc1cc2n[nH]nc2c(Br)c1-c1ccc(Cn2cc(O)n(C)c2=O)cc1. The molecule has 29 heavy (non-hydrogen) atoms. The minimum absolute atomic E-state index is 0.0465. The van der Waals surface area contributed by atoms with Crippen LogP contribution in [0.5, 0.6) is 5.88 Å². The first-order valence-electron chi connectivity index (χ1n) is 9.41. The molecule has 8 heteroatoms. The van der Waals surface area contributed by atoms with Crippen molar-refractivity contribution in [1.82, 2.24) is 24.5 Å². The fourth-order valence-corrected chi connectivity index (χ4v) is 4.34. The summed E-state index contributed by atoms with van der Waals surface area (Å²) in [6, 6.07) is 10.2. The number of aromatic amines is 1. The van der Waals surface area contributed by atoms with Crippen molar-refractivity contribution in [3.63, 3.8) is 0 Å². The number of halogens is 1. The number of rotatable bonds is 5. The van der Waals surface area contributed by atoms with Gasteiger partial charge in [-0.05, 0) is 51.0 Å². The molecule has 0 aliphatic rings. The van der Waals surface area contributed by atoms with E-state index in [9.17, 15) is 9.90 Å². The first-order chi connectivity index (χ1) is 13.8. The van der Waals surface area contributed by atoms with Gasteiger partial charge in [0.05, 0.1) is 17.2 Å². The molecule has 150 valence electrons. The van der Waals surface area contributed by atoms with Gasteiger partial charge in [-0.2, -0.15) is 15.4 Å². The zero-order valence-electron chi connectivity index (χ0n) is 16.5. The van der Waals surface area contributed by atoms with Gasteiger partial charge in [-0.3, -0.25) is 9.13 Å². The van der Waals surface area contributed by atoms with E-state index in [2.05, 4.69) is 63.4 Å². The summed E-state index contributed by atoms with van der Waals surface area (Å²) in [6.45, 7) is 4.79. The fourth-order valence-electron chi connectivity index (χ4n) is 3.57. The Bertz CT molecular complexity index is 1230. The average molecular weight is 456 g/mol. The molecule has 0 atom stereocenters. The minimum atomic E-state index is -0.245. The third-order valence-corrected chi connectivity index (χ3v) is 5.78. The quantitative estimate of drug-likeness (QED) is 0.478. The maximum Gasteiger partial charge on any atom is 0.331 e. The molecule has 0 saturated heterocycles. The number of benzene rings is 2. The maximum absolute atomic E-state index is 12.1. The number of fused-ring (bicyclic) bond motifs is 1. The van der Waals surface area contributed by atoms with Gasteiger partial charge in [0.15, 0.2) is 0 Å². The molecule has 0 bridgehead atoms. The number of hydrogen-bond donors (Lipinski definition) is 2. The number of hydrogen-bond acceptors (Lipinski definition) is 4. The second kappa shape index (κ2) is 7.51. The van der Waals surface area contributed by atoms with E-state index in [4.69, 9.17) is 0 Å². The van der Waals surface area contributed by atoms with Crippen molar-refractivity contribution >= 4 is 27.0 Å². The molecule has 2 heterocycles. The van der Waals surface area contributed by atoms with Gasteiger partial charge >= 0.3 is 5.69 Å². The standard InChI is InChI=1S/C21H22BrN5O2/c1-12(2)8-15-9-16-20(24-25-23-16)19(22)18(15)14-6-4-13(5-7-14)10-27-11-17(28)26(3)21(27)29/h4-7,9,11-12,28H,8,10H2,1-3H3,(H,23,24,25). The lowest BCUT2D eigenvalue weighted by Gasteiger charge is -2.15. The van der Waals surface area contributed by atoms with Crippen molar-refractivity contribution in [2.24, 2.45) is 13.0 Å².